The molecule has 0 spiro atoms. The monoisotopic (exact) mass is 244 g/mol. The van der Waals surface area contributed by atoms with Gasteiger partial charge in [0.2, 0.25) is 0 Å². The van der Waals surface area contributed by atoms with Crippen molar-refractivity contribution in [1.29, 1.82) is 0 Å². The van der Waals surface area contributed by atoms with Crippen LogP contribution in [0.25, 0.3) is 0 Å². The van der Waals surface area contributed by atoms with Crippen molar-refractivity contribution in [3.63, 3.8) is 0 Å². The maximum absolute atomic E-state index is 10.8. The summed E-state index contributed by atoms with van der Waals surface area (Å²) in [5, 5.41) is -0.533. The number of hydrogen-bond donors (Lipinski definition) is 0. The zero-order valence-corrected chi connectivity index (χ0v) is 12.3. The van der Waals surface area contributed by atoms with Gasteiger partial charge in [0.25, 0.3) is 5.24 Å². The minimum absolute atomic E-state index is 0.533. The van der Waals surface area contributed by atoms with Crippen LogP contribution < -0.4 is 0 Å². The lowest BCUT2D eigenvalue weighted by molar-refractivity contribution is -0.106. The van der Waals surface area contributed by atoms with Crippen LogP contribution in [0.3, 0.4) is 0 Å². The van der Waals surface area contributed by atoms with Gasteiger partial charge in [0, 0.05) is 0 Å². The average molecular weight is 245 g/mol. The van der Waals surface area contributed by atoms with E-state index in [1.54, 1.807) is 0 Å². The molecule has 3 heteroatoms. The van der Waals surface area contributed by atoms with Crippen LogP contribution >= 0.6 is 11.6 Å². The fourth-order valence-corrected chi connectivity index (χ4v) is 7.91. The van der Waals surface area contributed by atoms with E-state index in [4.69, 9.17) is 11.6 Å². The largest absolute Gasteiger partial charge is 0.295 e. The predicted octanol–water partition coefficient (Wildman–Crippen LogP) is 3.97. The van der Waals surface area contributed by atoms with Gasteiger partial charge in [-0.25, -0.2) is 0 Å². The van der Waals surface area contributed by atoms with E-state index in [9.17, 15) is 4.79 Å². The molecule has 0 rings (SSSR count). The molecule has 0 unspecified atom stereocenters. The molecule has 0 aliphatic heterocycles. The van der Waals surface area contributed by atoms with Gasteiger partial charge in [-0.1, -0.05) is 41.5 Å². The van der Waals surface area contributed by atoms with E-state index in [-0.39, 0.29) is 0 Å². The molecule has 0 aromatic carbocycles. The highest BCUT2D eigenvalue weighted by Crippen LogP contribution is 2.40. The van der Waals surface area contributed by atoms with Crippen LogP contribution in [0.4, 0.5) is 0 Å². The summed E-state index contributed by atoms with van der Waals surface area (Å²) in [4.78, 5) is 10.8. The van der Waals surface area contributed by atoms with Gasteiger partial charge in [-0.2, -0.15) is 0 Å². The number of carbonyl (C=O) groups is 1. The number of carbonyl (C=O) groups excluding carboxylic acids is 1. The second-order valence-corrected chi connectivity index (χ2v) is 10.8. The molecule has 0 bridgehead atoms. The Morgan fingerprint density at radius 3 is 1.53 bits per heavy atom. The van der Waals surface area contributed by atoms with Crippen molar-refractivity contribution >= 4 is 24.9 Å². The van der Waals surface area contributed by atoms with Crippen molar-refractivity contribution in [3.05, 3.63) is 0 Å². The van der Waals surface area contributed by atoms with Crippen molar-refractivity contribution < 1.29 is 4.79 Å². The topological polar surface area (TPSA) is 17.1 Å². The smallest absolute Gasteiger partial charge is 0.266 e. The van der Waals surface area contributed by atoms with E-state index in [2.05, 4.69) is 53.0 Å². The second kappa shape index (κ2) is 5.72. The molecule has 0 saturated carbocycles. The summed E-state index contributed by atoms with van der Waals surface area (Å²) in [5.74, 6) is 2.57. The lowest BCUT2D eigenvalue weighted by Gasteiger charge is -2.37. The van der Waals surface area contributed by atoms with Crippen molar-refractivity contribution in [1.82, 2.24) is 0 Å². The molecule has 0 heterocycles. The van der Waals surface area contributed by atoms with Gasteiger partial charge < -0.3 is 0 Å². The van der Waals surface area contributed by atoms with E-state index in [1.807, 2.05) is 0 Å². The standard InChI is InChI=1S/C12H21ClOSi/c1-9(2)15(10(3)4,11(5)6)8-7-12(13)14/h9-11H,1-6H3. The summed E-state index contributed by atoms with van der Waals surface area (Å²) in [7, 11) is -1.76. The van der Waals surface area contributed by atoms with Gasteiger partial charge in [-0.3, -0.25) is 4.79 Å². The highest BCUT2D eigenvalue weighted by atomic mass is 35.5. The molecule has 0 aromatic rings. The highest BCUT2D eigenvalue weighted by molar-refractivity contribution is 6.91. The first-order valence-electron chi connectivity index (χ1n) is 5.47. The van der Waals surface area contributed by atoms with Gasteiger partial charge in [0.1, 0.15) is 8.07 Å². The number of rotatable bonds is 3. The SMILES string of the molecule is CC(C)[Si](C#CC(=O)Cl)(C(C)C)C(C)C. The third-order valence-corrected chi connectivity index (χ3v) is 9.63. The molecule has 0 saturated heterocycles. The van der Waals surface area contributed by atoms with Crippen LogP contribution in [0, 0.1) is 11.5 Å². The maximum atomic E-state index is 10.8. The molecule has 0 N–H and O–H groups in total. The van der Waals surface area contributed by atoms with E-state index < -0.39 is 13.3 Å². The molecule has 0 fully saturated rings. The minimum atomic E-state index is -1.76. The van der Waals surface area contributed by atoms with Gasteiger partial charge in [-0.05, 0) is 34.1 Å². The van der Waals surface area contributed by atoms with E-state index in [0.717, 1.165) is 0 Å². The van der Waals surface area contributed by atoms with Gasteiger partial charge in [-0.15, -0.1) is 5.54 Å². The molecule has 0 aliphatic rings. The quantitative estimate of drug-likeness (QED) is 0.417. The summed E-state index contributed by atoms with van der Waals surface area (Å²) in [6.45, 7) is 13.2. The zero-order valence-electron chi connectivity index (χ0n) is 10.5. The van der Waals surface area contributed by atoms with Crippen molar-refractivity contribution in [2.45, 2.75) is 58.2 Å². The molecule has 0 atom stereocenters. The molecule has 1 nitrogen and oxygen atoms in total. The molecule has 86 valence electrons. The van der Waals surface area contributed by atoms with E-state index in [0.29, 0.717) is 16.6 Å². The molecule has 0 aliphatic carbocycles. The third kappa shape index (κ3) is 3.36. The van der Waals surface area contributed by atoms with E-state index >= 15 is 0 Å². The summed E-state index contributed by atoms with van der Waals surface area (Å²) >= 11 is 5.31. The Balaban J connectivity index is 5.37. The highest BCUT2D eigenvalue weighted by Gasteiger charge is 2.41. The molecular formula is C12H21ClOSi. The molecular weight excluding hydrogens is 224 g/mol. The fraction of sp³-hybridized carbons (Fsp3) is 0.750. The van der Waals surface area contributed by atoms with Crippen LogP contribution in [0.2, 0.25) is 16.6 Å². The first-order chi connectivity index (χ1) is 6.75. The van der Waals surface area contributed by atoms with Crippen molar-refractivity contribution in [2.24, 2.45) is 0 Å². The van der Waals surface area contributed by atoms with Crippen LogP contribution in [0.15, 0.2) is 0 Å². The van der Waals surface area contributed by atoms with Gasteiger partial charge in [0.05, 0.1) is 0 Å². The number of halogens is 1. The van der Waals surface area contributed by atoms with Crippen LogP contribution in [0.5, 0.6) is 0 Å². The Labute approximate surface area is 99.6 Å². The summed E-state index contributed by atoms with van der Waals surface area (Å²) in [6.07, 6.45) is 0. The third-order valence-electron chi connectivity index (χ3n) is 3.24. The first-order valence-corrected chi connectivity index (χ1v) is 8.08. The minimum Gasteiger partial charge on any atom is -0.266 e. The van der Waals surface area contributed by atoms with Crippen molar-refractivity contribution in [2.75, 3.05) is 0 Å². The Kier molecular flexibility index (Phi) is 5.62. The Bertz CT molecular complexity index is 262. The molecule has 0 radical (unpaired) electrons. The summed E-state index contributed by atoms with van der Waals surface area (Å²) in [5.41, 5.74) is 4.87. The Morgan fingerprint density at radius 2 is 1.33 bits per heavy atom. The number of hydrogen-bond acceptors (Lipinski definition) is 1. The summed E-state index contributed by atoms with van der Waals surface area (Å²) in [6, 6.07) is 0. The summed E-state index contributed by atoms with van der Waals surface area (Å²) < 4.78 is 0. The van der Waals surface area contributed by atoms with Crippen molar-refractivity contribution in [3.8, 4) is 11.5 Å². The molecule has 0 amide bonds. The van der Waals surface area contributed by atoms with Crippen LogP contribution in [0.1, 0.15) is 41.5 Å². The fourth-order valence-electron chi connectivity index (χ4n) is 2.59. The lowest BCUT2D eigenvalue weighted by Crippen LogP contribution is -2.43. The van der Waals surface area contributed by atoms with Crippen LogP contribution in [-0.2, 0) is 4.79 Å². The Hall–Kier alpha value is -0.263. The lowest BCUT2D eigenvalue weighted by atomic mass is 10.5. The zero-order chi connectivity index (χ0) is 12.2. The van der Waals surface area contributed by atoms with Gasteiger partial charge in [0.15, 0.2) is 0 Å². The predicted molar refractivity (Wildman–Crippen MR) is 69.7 cm³/mol. The Morgan fingerprint density at radius 1 is 1.00 bits per heavy atom. The molecule has 15 heavy (non-hydrogen) atoms. The molecule has 0 aromatic heterocycles. The average Bonchev–Trinajstić information content (AvgIpc) is 2.02. The normalized spacial score (nSPS) is 11.9. The second-order valence-electron chi connectivity index (χ2n) is 4.92. The van der Waals surface area contributed by atoms with Crippen LogP contribution in [-0.4, -0.2) is 13.3 Å². The van der Waals surface area contributed by atoms with Gasteiger partial charge >= 0.3 is 0 Å². The first kappa shape index (κ1) is 14.7. The maximum Gasteiger partial charge on any atom is 0.295 e. The van der Waals surface area contributed by atoms with E-state index in [1.165, 1.54) is 0 Å².